The largest absolute Gasteiger partial charge is 0.382 e. The monoisotopic (exact) mass is 377 g/mol. The van der Waals surface area contributed by atoms with E-state index in [1.54, 1.807) is 24.3 Å². The Bertz CT molecular complexity index is 1140. The Hall–Kier alpha value is -3.51. The molecule has 7 heteroatoms. The zero-order valence-electron chi connectivity index (χ0n) is 14.2. The highest BCUT2D eigenvalue weighted by Crippen LogP contribution is 2.34. The lowest BCUT2D eigenvalue weighted by Crippen LogP contribution is -2.31. The Kier molecular flexibility index (Phi) is 4.18. The van der Waals surface area contributed by atoms with E-state index in [1.807, 2.05) is 42.5 Å². The standard InChI is InChI=1S/C20H16ClN5O/c21-13-3-1-4-15(11-13)26(20(23)27)14-9-7-12(8-10-14)16-5-2-6-17-18(16)19(22)25-24-17/h1-11H,(H2,23,27)(H3,22,24,25). The molecule has 0 atom stereocenters. The van der Waals surface area contributed by atoms with Crippen LogP contribution in [0.25, 0.3) is 22.0 Å². The number of aromatic amines is 1. The van der Waals surface area contributed by atoms with Crippen molar-refractivity contribution in [2.24, 2.45) is 5.73 Å². The summed E-state index contributed by atoms with van der Waals surface area (Å²) in [6.07, 6.45) is 0. The van der Waals surface area contributed by atoms with Gasteiger partial charge in [-0.15, -0.1) is 0 Å². The number of anilines is 3. The molecular formula is C20H16ClN5O. The van der Waals surface area contributed by atoms with Crippen LogP contribution in [0, 0.1) is 0 Å². The van der Waals surface area contributed by atoms with Crippen molar-refractivity contribution < 1.29 is 4.79 Å². The molecule has 2 amide bonds. The number of nitrogen functional groups attached to an aromatic ring is 1. The number of hydrogen-bond acceptors (Lipinski definition) is 3. The number of nitrogens with one attached hydrogen (secondary N) is 1. The van der Waals surface area contributed by atoms with Crippen LogP contribution in [0.5, 0.6) is 0 Å². The summed E-state index contributed by atoms with van der Waals surface area (Å²) < 4.78 is 0. The number of halogens is 1. The molecule has 0 unspecified atom stereocenters. The number of benzene rings is 3. The molecule has 27 heavy (non-hydrogen) atoms. The fraction of sp³-hybridized carbons (Fsp3) is 0. The molecule has 134 valence electrons. The van der Waals surface area contributed by atoms with E-state index in [-0.39, 0.29) is 0 Å². The molecule has 0 bridgehead atoms. The van der Waals surface area contributed by atoms with Crippen LogP contribution in [-0.4, -0.2) is 16.2 Å². The predicted molar refractivity (Wildman–Crippen MR) is 109 cm³/mol. The maximum atomic E-state index is 12.0. The summed E-state index contributed by atoms with van der Waals surface area (Å²) in [6, 6.07) is 19.7. The van der Waals surface area contributed by atoms with Crippen LogP contribution < -0.4 is 16.4 Å². The molecule has 0 aliphatic heterocycles. The van der Waals surface area contributed by atoms with Crippen molar-refractivity contribution in [3.63, 3.8) is 0 Å². The van der Waals surface area contributed by atoms with Crippen LogP contribution >= 0.6 is 11.6 Å². The van der Waals surface area contributed by atoms with Crippen molar-refractivity contribution in [1.29, 1.82) is 0 Å². The second-order valence-corrected chi connectivity index (χ2v) is 6.47. The van der Waals surface area contributed by atoms with Gasteiger partial charge in [0, 0.05) is 5.02 Å². The van der Waals surface area contributed by atoms with E-state index >= 15 is 0 Å². The smallest absolute Gasteiger partial charge is 0.323 e. The minimum absolute atomic E-state index is 0.447. The Morgan fingerprint density at radius 1 is 1.00 bits per heavy atom. The number of rotatable bonds is 3. The van der Waals surface area contributed by atoms with Gasteiger partial charge < -0.3 is 11.5 Å². The van der Waals surface area contributed by atoms with Crippen molar-refractivity contribution in [1.82, 2.24) is 10.2 Å². The Morgan fingerprint density at radius 3 is 2.44 bits per heavy atom. The topological polar surface area (TPSA) is 101 Å². The van der Waals surface area contributed by atoms with E-state index in [0.29, 0.717) is 22.2 Å². The molecule has 4 rings (SSSR count). The van der Waals surface area contributed by atoms with Crippen molar-refractivity contribution in [2.45, 2.75) is 0 Å². The van der Waals surface area contributed by atoms with Gasteiger partial charge in [0.1, 0.15) is 0 Å². The lowest BCUT2D eigenvalue weighted by molar-refractivity contribution is 0.256. The summed E-state index contributed by atoms with van der Waals surface area (Å²) in [5.41, 5.74) is 15.6. The average Bonchev–Trinajstić information content (AvgIpc) is 3.04. The van der Waals surface area contributed by atoms with Gasteiger partial charge in [-0.05, 0) is 47.5 Å². The lowest BCUT2D eigenvalue weighted by Gasteiger charge is -2.21. The first kappa shape index (κ1) is 16.9. The molecule has 0 aliphatic rings. The zero-order chi connectivity index (χ0) is 19.0. The maximum absolute atomic E-state index is 12.0. The Labute approximate surface area is 160 Å². The number of H-pyrrole nitrogens is 1. The highest BCUT2D eigenvalue weighted by Gasteiger charge is 2.16. The number of aromatic nitrogens is 2. The van der Waals surface area contributed by atoms with E-state index in [4.69, 9.17) is 23.1 Å². The second-order valence-electron chi connectivity index (χ2n) is 6.04. The van der Waals surface area contributed by atoms with Gasteiger partial charge in [-0.25, -0.2) is 4.79 Å². The van der Waals surface area contributed by atoms with Crippen LogP contribution in [0.15, 0.2) is 66.7 Å². The molecular weight excluding hydrogens is 362 g/mol. The molecule has 4 aromatic rings. The summed E-state index contributed by atoms with van der Waals surface area (Å²) >= 11 is 6.05. The first-order valence-corrected chi connectivity index (χ1v) is 8.60. The Morgan fingerprint density at radius 2 is 1.74 bits per heavy atom. The van der Waals surface area contributed by atoms with Crippen molar-refractivity contribution in [3.8, 4) is 11.1 Å². The SMILES string of the molecule is NC(=O)N(c1ccc(-c2cccc3[nH]nc(N)c23)cc1)c1cccc(Cl)c1. The van der Waals surface area contributed by atoms with E-state index in [2.05, 4.69) is 10.2 Å². The van der Waals surface area contributed by atoms with Crippen LogP contribution in [0.4, 0.5) is 22.0 Å². The molecule has 3 aromatic carbocycles. The number of nitrogens with zero attached hydrogens (tertiary/aromatic N) is 2. The van der Waals surface area contributed by atoms with Gasteiger partial charge in [0.15, 0.2) is 5.82 Å². The number of carbonyl (C=O) groups excluding carboxylic acids is 1. The van der Waals surface area contributed by atoms with Gasteiger partial charge in [-0.1, -0.05) is 41.9 Å². The minimum atomic E-state index is -0.591. The number of primary amides is 1. The summed E-state index contributed by atoms with van der Waals surface area (Å²) in [5.74, 6) is 0.447. The summed E-state index contributed by atoms with van der Waals surface area (Å²) in [7, 11) is 0. The van der Waals surface area contributed by atoms with Gasteiger partial charge in [0.25, 0.3) is 0 Å². The molecule has 1 aromatic heterocycles. The maximum Gasteiger partial charge on any atom is 0.323 e. The molecule has 6 nitrogen and oxygen atoms in total. The molecule has 0 aliphatic carbocycles. The molecule has 0 spiro atoms. The minimum Gasteiger partial charge on any atom is -0.382 e. The van der Waals surface area contributed by atoms with Gasteiger partial charge in [-0.2, -0.15) is 5.10 Å². The quantitative estimate of drug-likeness (QED) is 0.483. The van der Waals surface area contributed by atoms with Crippen molar-refractivity contribution in [2.75, 3.05) is 10.6 Å². The van der Waals surface area contributed by atoms with Crippen LogP contribution in [0.2, 0.25) is 5.02 Å². The third-order valence-electron chi connectivity index (χ3n) is 4.34. The Balaban J connectivity index is 1.76. The molecule has 0 saturated carbocycles. The fourth-order valence-electron chi connectivity index (χ4n) is 3.15. The predicted octanol–water partition coefficient (Wildman–Crippen LogP) is 4.68. The third-order valence-corrected chi connectivity index (χ3v) is 4.58. The number of fused-ring (bicyclic) bond motifs is 1. The second kappa shape index (κ2) is 6.66. The normalized spacial score (nSPS) is 10.9. The van der Waals surface area contributed by atoms with E-state index < -0.39 is 6.03 Å². The average molecular weight is 378 g/mol. The number of carbonyl (C=O) groups is 1. The summed E-state index contributed by atoms with van der Waals surface area (Å²) in [6.45, 7) is 0. The number of nitrogens with two attached hydrogens (primary N) is 2. The third kappa shape index (κ3) is 3.07. The number of hydrogen-bond donors (Lipinski definition) is 3. The van der Waals surface area contributed by atoms with Crippen LogP contribution in [-0.2, 0) is 0 Å². The summed E-state index contributed by atoms with van der Waals surface area (Å²) in [4.78, 5) is 13.4. The van der Waals surface area contributed by atoms with Gasteiger partial charge in [0.05, 0.1) is 22.3 Å². The molecule has 1 heterocycles. The molecule has 0 radical (unpaired) electrons. The molecule has 5 N–H and O–H groups in total. The van der Waals surface area contributed by atoms with Gasteiger partial charge >= 0.3 is 6.03 Å². The van der Waals surface area contributed by atoms with Gasteiger partial charge in [0.2, 0.25) is 0 Å². The first-order valence-electron chi connectivity index (χ1n) is 8.23. The first-order chi connectivity index (χ1) is 13.0. The summed E-state index contributed by atoms with van der Waals surface area (Å²) in [5, 5.41) is 8.37. The molecule has 0 saturated heterocycles. The van der Waals surface area contributed by atoms with Crippen molar-refractivity contribution in [3.05, 3.63) is 71.8 Å². The number of amides is 2. The van der Waals surface area contributed by atoms with E-state index in [9.17, 15) is 4.79 Å². The molecule has 0 fully saturated rings. The van der Waals surface area contributed by atoms with Crippen molar-refractivity contribution >= 4 is 45.7 Å². The van der Waals surface area contributed by atoms with Gasteiger partial charge in [-0.3, -0.25) is 10.00 Å². The lowest BCUT2D eigenvalue weighted by atomic mass is 10.0. The highest BCUT2D eigenvalue weighted by atomic mass is 35.5. The zero-order valence-corrected chi connectivity index (χ0v) is 14.9. The van der Waals surface area contributed by atoms with Crippen LogP contribution in [0.3, 0.4) is 0 Å². The van der Waals surface area contributed by atoms with Crippen LogP contribution in [0.1, 0.15) is 0 Å². The fourth-order valence-corrected chi connectivity index (χ4v) is 3.33. The highest BCUT2D eigenvalue weighted by molar-refractivity contribution is 6.31. The van der Waals surface area contributed by atoms with E-state index in [1.165, 1.54) is 4.90 Å². The van der Waals surface area contributed by atoms with E-state index in [0.717, 1.165) is 22.0 Å². The number of urea groups is 1.